The molecule has 0 aliphatic carbocycles. The number of carbonyl (C=O) groups is 1. The van der Waals surface area contributed by atoms with E-state index in [1.165, 1.54) is 0 Å². The Kier molecular flexibility index (Phi) is 4.01. The average Bonchev–Trinajstić information content (AvgIpc) is 2.55. The Labute approximate surface area is 125 Å². The summed E-state index contributed by atoms with van der Waals surface area (Å²) in [7, 11) is 3.22. The normalized spacial score (nSPS) is 21.9. The minimum atomic E-state index is 0.117. The van der Waals surface area contributed by atoms with E-state index in [0.717, 1.165) is 50.0 Å². The summed E-state index contributed by atoms with van der Waals surface area (Å²) >= 11 is 0. The van der Waals surface area contributed by atoms with Crippen LogP contribution in [0, 0.1) is 0 Å². The van der Waals surface area contributed by atoms with Crippen LogP contribution in [0.25, 0.3) is 0 Å². The average molecular weight is 290 g/mol. The largest absolute Gasteiger partial charge is 0.493 e. The molecule has 0 spiro atoms. The molecule has 0 saturated carbocycles. The molecule has 1 fully saturated rings. The van der Waals surface area contributed by atoms with Crippen LogP contribution >= 0.6 is 0 Å². The minimum absolute atomic E-state index is 0.117. The fraction of sp³-hybridized carbons (Fsp3) is 0.562. The van der Waals surface area contributed by atoms with Crippen LogP contribution in [0.15, 0.2) is 12.1 Å². The van der Waals surface area contributed by atoms with E-state index in [4.69, 9.17) is 9.47 Å². The van der Waals surface area contributed by atoms with Crippen LogP contribution in [-0.2, 0) is 6.42 Å². The minimum Gasteiger partial charge on any atom is -0.493 e. The number of hydrogen-bond donors (Lipinski definition) is 1. The summed E-state index contributed by atoms with van der Waals surface area (Å²) in [5.41, 5.74) is 1.81. The van der Waals surface area contributed by atoms with Crippen molar-refractivity contribution in [2.24, 2.45) is 0 Å². The van der Waals surface area contributed by atoms with Crippen LogP contribution < -0.4 is 14.8 Å². The molecule has 1 aromatic carbocycles. The molecule has 0 unspecified atom stereocenters. The lowest BCUT2D eigenvalue weighted by Crippen LogP contribution is -2.51. The van der Waals surface area contributed by atoms with Crippen molar-refractivity contribution in [2.75, 3.05) is 33.9 Å². The second kappa shape index (κ2) is 5.93. The van der Waals surface area contributed by atoms with E-state index in [2.05, 4.69) is 5.32 Å². The van der Waals surface area contributed by atoms with Crippen LogP contribution in [0.3, 0.4) is 0 Å². The second-order valence-electron chi connectivity index (χ2n) is 5.61. The standard InChI is InChI=1S/C16H22N2O3/c1-20-14-8-11-5-7-18(12-4-3-6-17-10-12)16(19)13(11)9-15(14)21-2/h8-9,12,17H,3-7,10H2,1-2H3/t12-/m1/s1. The Morgan fingerprint density at radius 2 is 2.00 bits per heavy atom. The number of rotatable bonds is 3. The number of nitrogens with zero attached hydrogens (tertiary/aromatic N) is 1. The summed E-state index contributed by atoms with van der Waals surface area (Å²) in [6.45, 7) is 2.74. The molecule has 3 rings (SSSR count). The predicted molar refractivity (Wildman–Crippen MR) is 80.2 cm³/mol. The predicted octanol–water partition coefficient (Wildman–Crippen LogP) is 1.45. The van der Waals surface area contributed by atoms with Gasteiger partial charge in [0, 0.05) is 24.7 Å². The third-order valence-corrected chi connectivity index (χ3v) is 4.43. The summed E-state index contributed by atoms with van der Waals surface area (Å²) in [5.74, 6) is 1.43. The molecule has 1 saturated heterocycles. The Hall–Kier alpha value is -1.75. The highest BCUT2D eigenvalue weighted by Crippen LogP contribution is 2.34. The molecular weight excluding hydrogens is 268 g/mol. The monoisotopic (exact) mass is 290 g/mol. The number of carbonyl (C=O) groups excluding carboxylic acids is 1. The highest BCUT2D eigenvalue weighted by Gasteiger charge is 2.31. The summed E-state index contributed by atoms with van der Waals surface area (Å²) in [4.78, 5) is 14.8. The zero-order valence-corrected chi connectivity index (χ0v) is 12.6. The molecule has 2 aliphatic heterocycles. The maximum absolute atomic E-state index is 12.8. The first-order valence-corrected chi connectivity index (χ1v) is 7.51. The number of benzene rings is 1. The SMILES string of the molecule is COc1cc2c(cc1OC)C(=O)N([C@@H]1CCCNC1)CC2. The molecule has 21 heavy (non-hydrogen) atoms. The van der Waals surface area contributed by atoms with Gasteiger partial charge in [-0.3, -0.25) is 4.79 Å². The first-order chi connectivity index (χ1) is 10.2. The molecule has 5 heteroatoms. The molecule has 1 atom stereocenters. The summed E-state index contributed by atoms with van der Waals surface area (Å²) in [6.07, 6.45) is 3.09. The number of hydrogen-bond acceptors (Lipinski definition) is 4. The maximum atomic E-state index is 12.8. The van der Waals surface area contributed by atoms with Gasteiger partial charge in [0.2, 0.25) is 0 Å². The van der Waals surface area contributed by atoms with Gasteiger partial charge in [0.1, 0.15) is 0 Å². The van der Waals surface area contributed by atoms with E-state index in [1.54, 1.807) is 14.2 Å². The number of fused-ring (bicyclic) bond motifs is 1. The van der Waals surface area contributed by atoms with E-state index in [9.17, 15) is 4.79 Å². The number of amides is 1. The quantitative estimate of drug-likeness (QED) is 0.915. The molecule has 114 valence electrons. The van der Waals surface area contributed by atoms with Crippen molar-refractivity contribution in [3.8, 4) is 11.5 Å². The molecule has 5 nitrogen and oxygen atoms in total. The van der Waals surface area contributed by atoms with Gasteiger partial charge in [-0.05, 0) is 43.5 Å². The maximum Gasteiger partial charge on any atom is 0.254 e. The van der Waals surface area contributed by atoms with Crippen LogP contribution in [0.4, 0.5) is 0 Å². The van der Waals surface area contributed by atoms with Gasteiger partial charge in [0.05, 0.1) is 14.2 Å². The Morgan fingerprint density at radius 3 is 2.67 bits per heavy atom. The first-order valence-electron chi connectivity index (χ1n) is 7.51. The van der Waals surface area contributed by atoms with Crippen LogP contribution in [0.1, 0.15) is 28.8 Å². The van der Waals surface area contributed by atoms with Crippen LogP contribution in [-0.4, -0.2) is 50.7 Å². The number of piperidine rings is 1. The zero-order valence-electron chi connectivity index (χ0n) is 12.6. The van der Waals surface area contributed by atoms with Crippen molar-refractivity contribution >= 4 is 5.91 Å². The fourth-order valence-electron chi connectivity index (χ4n) is 3.27. The Morgan fingerprint density at radius 1 is 1.24 bits per heavy atom. The van der Waals surface area contributed by atoms with Crippen molar-refractivity contribution in [3.63, 3.8) is 0 Å². The molecule has 0 aromatic heterocycles. The van der Waals surface area contributed by atoms with Crippen LogP contribution in [0.2, 0.25) is 0 Å². The van der Waals surface area contributed by atoms with Gasteiger partial charge in [0.25, 0.3) is 5.91 Å². The Bertz CT molecular complexity index is 539. The van der Waals surface area contributed by atoms with Gasteiger partial charge in [-0.15, -0.1) is 0 Å². The van der Waals surface area contributed by atoms with E-state index < -0.39 is 0 Å². The van der Waals surface area contributed by atoms with Crippen molar-refractivity contribution in [1.29, 1.82) is 0 Å². The smallest absolute Gasteiger partial charge is 0.254 e. The van der Waals surface area contributed by atoms with Crippen molar-refractivity contribution in [2.45, 2.75) is 25.3 Å². The molecular formula is C16H22N2O3. The topological polar surface area (TPSA) is 50.8 Å². The molecule has 2 heterocycles. The molecule has 1 amide bonds. The summed E-state index contributed by atoms with van der Waals surface area (Å²) < 4.78 is 10.6. The molecule has 0 radical (unpaired) electrons. The van der Waals surface area contributed by atoms with Crippen molar-refractivity contribution in [1.82, 2.24) is 10.2 Å². The lowest BCUT2D eigenvalue weighted by atomic mass is 9.95. The van der Waals surface area contributed by atoms with Crippen molar-refractivity contribution < 1.29 is 14.3 Å². The van der Waals surface area contributed by atoms with E-state index >= 15 is 0 Å². The van der Waals surface area contributed by atoms with E-state index in [0.29, 0.717) is 17.5 Å². The van der Waals surface area contributed by atoms with Crippen LogP contribution in [0.5, 0.6) is 11.5 Å². The fourth-order valence-corrected chi connectivity index (χ4v) is 3.27. The van der Waals surface area contributed by atoms with Gasteiger partial charge < -0.3 is 19.7 Å². The van der Waals surface area contributed by atoms with Crippen molar-refractivity contribution in [3.05, 3.63) is 23.3 Å². The lowest BCUT2D eigenvalue weighted by molar-refractivity contribution is 0.0629. The molecule has 1 aromatic rings. The summed E-state index contributed by atoms with van der Waals surface area (Å²) in [5, 5.41) is 3.38. The molecule has 1 N–H and O–H groups in total. The summed E-state index contributed by atoms with van der Waals surface area (Å²) in [6, 6.07) is 4.06. The van der Waals surface area contributed by atoms with E-state index in [-0.39, 0.29) is 5.91 Å². The first kappa shape index (κ1) is 14.2. The molecule has 2 aliphatic rings. The third-order valence-electron chi connectivity index (χ3n) is 4.43. The van der Waals surface area contributed by atoms with Gasteiger partial charge in [-0.25, -0.2) is 0 Å². The Balaban J connectivity index is 1.90. The van der Waals surface area contributed by atoms with Gasteiger partial charge in [-0.2, -0.15) is 0 Å². The molecule has 0 bridgehead atoms. The van der Waals surface area contributed by atoms with Gasteiger partial charge in [0.15, 0.2) is 11.5 Å². The van der Waals surface area contributed by atoms with Gasteiger partial charge >= 0.3 is 0 Å². The number of methoxy groups -OCH3 is 2. The van der Waals surface area contributed by atoms with Gasteiger partial charge in [-0.1, -0.05) is 0 Å². The number of nitrogens with one attached hydrogen (secondary N) is 1. The highest BCUT2D eigenvalue weighted by molar-refractivity contribution is 5.97. The van der Waals surface area contributed by atoms with E-state index in [1.807, 2.05) is 17.0 Å². The second-order valence-corrected chi connectivity index (χ2v) is 5.61. The number of ether oxygens (including phenoxy) is 2. The lowest BCUT2D eigenvalue weighted by Gasteiger charge is -2.38. The highest BCUT2D eigenvalue weighted by atomic mass is 16.5. The third kappa shape index (κ3) is 2.58. The zero-order chi connectivity index (χ0) is 14.8.